The van der Waals surface area contributed by atoms with E-state index in [1.54, 1.807) is 37.4 Å². The fraction of sp³-hybridized carbons (Fsp3) is 0.350. The summed E-state index contributed by atoms with van der Waals surface area (Å²) in [6.45, 7) is 6.98. The van der Waals surface area contributed by atoms with Crippen molar-refractivity contribution >= 4 is 34.6 Å². The summed E-state index contributed by atoms with van der Waals surface area (Å²) in [5.74, 6) is 0.378. The normalized spacial score (nSPS) is 14.9. The standard InChI is InChI=1S/C20H25ClN4O2/c1-3-24-7-9-25(10-8-24)19-13-18(16(21)12-17(19)22)23-20(26)14-5-4-6-15(11-14)27-2/h4-6,11-13H,3,7-10,22H2,1-2H3,(H,23,26). The van der Waals surface area contributed by atoms with Gasteiger partial charge in [-0.05, 0) is 36.9 Å². The number of nitrogens with zero attached hydrogens (tertiary/aromatic N) is 2. The number of nitrogens with one attached hydrogen (secondary N) is 1. The van der Waals surface area contributed by atoms with Crippen LogP contribution in [0, 0.1) is 0 Å². The predicted octanol–water partition coefficient (Wildman–Crippen LogP) is 3.33. The second-order valence-corrected chi connectivity index (χ2v) is 6.91. The van der Waals surface area contributed by atoms with Gasteiger partial charge in [-0.25, -0.2) is 0 Å². The third-order valence-electron chi connectivity index (χ3n) is 4.86. The van der Waals surface area contributed by atoms with Crippen molar-refractivity contribution in [1.29, 1.82) is 0 Å². The average molecular weight is 389 g/mol. The first-order valence-corrected chi connectivity index (χ1v) is 9.41. The number of hydrogen-bond donors (Lipinski definition) is 2. The SMILES string of the molecule is CCN1CCN(c2cc(NC(=O)c3cccc(OC)c3)c(Cl)cc2N)CC1. The van der Waals surface area contributed by atoms with E-state index in [2.05, 4.69) is 22.0 Å². The molecule has 144 valence electrons. The fourth-order valence-electron chi connectivity index (χ4n) is 3.21. The van der Waals surface area contributed by atoms with Crippen molar-refractivity contribution < 1.29 is 9.53 Å². The van der Waals surface area contributed by atoms with Crippen molar-refractivity contribution in [3.63, 3.8) is 0 Å². The van der Waals surface area contributed by atoms with Crippen LogP contribution in [-0.4, -0.2) is 50.6 Å². The monoisotopic (exact) mass is 388 g/mol. The highest BCUT2D eigenvalue weighted by molar-refractivity contribution is 6.34. The summed E-state index contributed by atoms with van der Waals surface area (Å²) in [6.07, 6.45) is 0. The number of carbonyl (C=O) groups is 1. The van der Waals surface area contributed by atoms with E-state index in [1.807, 2.05) is 6.07 Å². The number of piperazine rings is 1. The summed E-state index contributed by atoms with van der Waals surface area (Å²) < 4.78 is 5.18. The number of anilines is 3. The molecule has 0 spiro atoms. The number of nitrogens with two attached hydrogens (primary N) is 1. The van der Waals surface area contributed by atoms with E-state index in [0.29, 0.717) is 27.7 Å². The topological polar surface area (TPSA) is 70.8 Å². The van der Waals surface area contributed by atoms with Crippen LogP contribution in [0.1, 0.15) is 17.3 Å². The second-order valence-electron chi connectivity index (χ2n) is 6.50. The molecule has 0 aromatic heterocycles. The third-order valence-corrected chi connectivity index (χ3v) is 5.17. The van der Waals surface area contributed by atoms with Gasteiger partial charge in [0, 0.05) is 31.7 Å². The van der Waals surface area contributed by atoms with E-state index in [9.17, 15) is 4.79 Å². The van der Waals surface area contributed by atoms with E-state index in [4.69, 9.17) is 22.1 Å². The fourth-order valence-corrected chi connectivity index (χ4v) is 3.43. The first kappa shape index (κ1) is 19.3. The molecule has 0 aliphatic carbocycles. The lowest BCUT2D eigenvalue weighted by atomic mass is 10.1. The van der Waals surface area contributed by atoms with Crippen LogP contribution in [0.5, 0.6) is 5.75 Å². The molecule has 2 aromatic rings. The Labute approximate surface area is 164 Å². The number of nitrogen functional groups attached to an aromatic ring is 1. The van der Waals surface area contributed by atoms with Crippen LogP contribution in [-0.2, 0) is 0 Å². The number of benzene rings is 2. The Morgan fingerprint density at radius 2 is 1.96 bits per heavy atom. The van der Waals surface area contributed by atoms with Crippen LogP contribution in [0.3, 0.4) is 0 Å². The van der Waals surface area contributed by atoms with Gasteiger partial charge in [0.1, 0.15) is 5.75 Å². The lowest BCUT2D eigenvalue weighted by Crippen LogP contribution is -2.46. The lowest BCUT2D eigenvalue weighted by molar-refractivity contribution is 0.102. The van der Waals surface area contributed by atoms with Crippen LogP contribution in [0.25, 0.3) is 0 Å². The zero-order valence-electron chi connectivity index (χ0n) is 15.7. The summed E-state index contributed by atoms with van der Waals surface area (Å²) in [6, 6.07) is 10.5. The highest BCUT2D eigenvalue weighted by Crippen LogP contribution is 2.34. The van der Waals surface area contributed by atoms with Gasteiger partial charge in [-0.1, -0.05) is 24.6 Å². The van der Waals surface area contributed by atoms with Crippen LogP contribution in [0.4, 0.5) is 17.1 Å². The molecule has 3 rings (SSSR count). The summed E-state index contributed by atoms with van der Waals surface area (Å²) >= 11 is 6.33. The smallest absolute Gasteiger partial charge is 0.255 e. The molecular weight excluding hydrogens is 364 g/mol. The van der Waals surface area contributed by atoms with Gasteiger partial charge in [0.15, 0.2) is 0 Å². The number of likely N-dealkylation sites (N-methyl/N-ethyl adjacent to an activating group) is 1. The molecule has 1 aliphatic rings. The Morgan fingerprint density at radius 1 is 1.22 bits per heavy atom. The van der Waals surface area contributed by atoms with Crippen molar-refractivity contribution in [1.82, 2.24) is 4.90 Å². The highest BCUT2D eigenvalue weighted by Gasteiger charge is 2.20. The van der Waals surface area contributed by atoms with E-state index in [-0.39, 0.29) is 5.91 Å². The van der Waals surface area contributed by atoms with Gasteiger partial charge in [-0.3, -0.25) is 4.79 Å². The van der Waals surface area contributed by atoms with Crippen molar-refractivity contribution in [3.05, 3.63) is 47.0 Å². The first-order chi connectivity index (χ1) is 13.0. The van der Waals surface area contributed by atoms with E-state index >= 15 is 0 Å². The summed E-state index contributed by atoms with van der Waals surface area (Å²) in [7, 11) is 1.57. The maximum absolute atomic E-state index is 12.6. The van der Waals surface area contributed by atoms with Gasteiger partial charge in [0.2, 0.25) is 0 Å². The van der Waals surface area contributed by atoms with Gasteiger partial charge in [0.25, 0.3) is 5.91 Å². The Morgan fingerprint density at radius 3 is 2.63 bits per heavy atom. The molecule has 0 saturated carbocycles. The number of methoxy groups -OCH3 is 1. The second kappa shape index (κ2) is 8.50. The van der Waals surface area contributed by atoms with Gasteiger partial charge in [-0.2, -0.15) is 0 Å². The van der Waals surface area contributed by atoms with Crippen LogP contribution >= 0.6 is 11.6 Å². The van der Waals surface area contributed by atoms with Gasteiger partial charge < -0.3 is 25.6 Å². The Hall–Kier alpha value is -2.44. The molecule has 1 amide bonds. The molecule has 1 saturated heterocycles. The molecule has 0 bridgehead atoms. The number of carbonyl (C=O) groups excluding carboxylic acids is 1. The van der Waals surface area contributed by atoms with Crippen LogP contribution in [0.2, 0.25) is 5.02 Å². The molecule has 27 heavy (non-hydrogen) atoms. The minimum absolute atomic E-state index is 0.248. The molecular formula is C20H25ClN4O2. The van der Waals surface area contributed by atoms with Gasteiger partial charge in [0.05, 0.1) is 29.2 Å². The predicted molar refractivity (Wildman–Crippen MR) is 111 cm³/mol. The number of ether oxygens (including phenoxy) is 1. The zero-order valence-corrected chi connectivity index (χ0v) is 16.4. The van der Waals surface area contributed by atoms with Crippen LogP contribution < -0.4 is 20.7 Å². The minimum atomic E-state index is -0.248. The maximum atomic E-state index is 12.6. The number of rotatable bonds is 5. The first-order valence-electron chi connectivity index (χ1n) is 9.03. The number of hydrogen-bond acceptors (Lipinski definition) is 5. The molecule has 0 unspecified atom stereocenters. The van der Waals surface area contributed by atoms with Crippen molar-refractivity contribution in [2.75, 3.05) is 55.8 Å². The van der Waals surface area contributed by atoms with E-state index < -0.39 is 0 Å². The molecule has 0 radical (unpaired) electrons. The molecule has 0 atom stereocenters. The van der Waals surface area contributed by atoms with Gasteiger partial charge in [-0.15, -0.1) is 0 Å². The molecule has 7 heteroatoms. The minimum Gasteiger partial charge on any atom is -0.497 e. The molecule has 2 aromatic carbocycles. The maximum Gasteiger partial charge on any atom is 0.255 e. The largest absolute Gasteiger partial charge is 0.497 e. The molecule has 1 aliphatic heterocycles. The molecule has 1 heterocycles. The summed E-state index contributed by atoms with van der Waals surface area (Å²) in [5.41, 5.74) is 8.76. The molecule has 6 nitrogen and oxygen atoms in total. The third kappa shape index (κ3) is 4.46. The van der Waals surface area contributed by atoms with E-state index in [0.717, 1.165) is 38.4 Å². The Bertz CT molecular complexity index is 820. The quantitative estimate of drug-likeness (QED) is 0.769. The van der Waals surface area contributed by atoms with Crippen LogP contribution in [0.15, 0.2) is 36.4 Å². The van der Waals surface area contributed by atoms with Crippen molar-refractivity contribution in [3.8, 4) is 5.75 Å². The van der Waals surface area contributed by atoms with Gasteiger partial charge >= 0.3 is 0 Å². The summed E-state index contributed by atoms with van der Waals surface area (Å²) in [5, 5.41) is 3.30. The van der Waals surface area contributed by atoms with E-state index in [1.165, 1.54) is 0 Å². The average Bonchev–Trinajstić information content (AvgIpc) is 2.70. The van der Waals surface area contributed by atoms with Crippen molar-refractivity contribution in [2.45, 2.75) is 6.92 Å². The number of halogens is 1. The summed E-state index contributed by atoms with van der Waals surface area (Å²) in [4.78, 5) is 17.2. The molecule has 1 fully saturated rings. The lowest BCUT2D eigenvalue weighted by Gasteiger charge is -2.36. The Kier molecular flexibility index (Phi) is 6.08. The zero-order chi connectivity index (χ0) is 19.4. The molecule has 3 N–H and O–H groups in total. The number of amides is 1. The Balaban J connectivity index is 1.80. The highest BCUT2D eigenvalue weighted by atomic mass is 35.5. The van der Waals surface area contributed by atoms with Crippen molar-refractivity contribution in [2.24, 2.45) is 0 Å².